The number of hydrogen-bond donors (Lipinski definition) is 2. The van der Waals surface area contributed by atoms with Crippen molar-refractivity contribution in [3.63, 3.8) is 0 Å². The summed E-state index contributed by atoms with van der Waals surface area (Å²) in [5, 5.41) is 11.9. The van der Waals surface area contributed by atoms with Gasteiger partial charge in [-0.1, -0.05) is 41.4 Å². The number of aromatic amines is 1. The van der Waals surface area contributed by atoms with Crippen LogP contribution in [0.1, 0.15) is 16.1 Å². The van der Waals surface area contributed by atoms with Crippen molar-refractivity contribution in [3.8, 4) is 0 Å². The number of hydroxylamine groups is 1. The molecule has 1 aliphatic rings. The molecule has 0 atom stereocenters. The molecule has 3 aromatic rings. The van der Waals surface area contributed by atoms with Crippen molar-refractivity contribution in [1.29, 1.82) is 0 Å². The standard InChI is InChI=1S/C19H12Cl2N2O4/c20-11-7-14(21)16-13(17(19(25)26)22-15(16)8-11)6-10-9-27-23(18(10)24)12-4-2-1-3-5-12/h1-8,22H,9H2,(H,25,26)/b10-6+. The molecule has 4 rings (SSSR count). The first-order valence-corrected chi connectivity index (χ1v) is 8.68. The van der Waals surface area contributed by atoms with Crippen LogP contribution in [0.25, 0.3) is 17.0 Å². The molecular formula is C19H12Cl2N2O4. The molecule has 27 heavy (non-hydrogen) atoms. The Morgan fingerprint density at radius 2 is 1.96 bits per heavy atom. The van der Waals surface area contributed by atoms with Crippen molar-refractivity contribution < 1.29 is 19.5 Å². The van der Waals surface area contributed by atoms with Crippen LogP contribution in [-0.4, -0.2) is 28.6 Å². The van der Waals surface area contributed by atoms with E-state index in [1.54, 1.807) is 30.3 Å². The highest BCUT2D eigenvalue weighted by molar-refractivity contribution is 6.39. The van der Waals surface area contributed by atoms with Gasteiger partial charge in [0.2, 0.25) is 0 Å². The Labute approximate surface area is 163 Å². The molecule has 2 heterocycles. The summed E-state index contributed by atoms with van der Waals surface area (Å²) in [7, 11) is 0. The quantitative estimate of drug-likeness (QED) is 0.630. The van der Waals surface area contributed by atoms with Crippen LogP contribution in [0.2, 0.25) is 10.0 Å². The minimum atomic E-state index is -1.17. The van der Waals surface area contributed by atoms with Crippen molar-refractivity contribution in [2.24, 2.45) is 0 Å². The molecule has 1 aromatic heterocycles. The Morgan fingerprint density at radius 1 is 1.22 bits per heavy atom. The number of amides is 1. The van der Waals surface area contributed by atoms with E-state index in [2.05, 4.69) is 4.98 Å². The number of carboxylic acid groups (broad SMARTS) is 1. The number of aromatic nitrogens is 1. The Balaban J connectivity index is 1.82. The molecule has 1 saturated heterocycles. The number of carbonyl (C=O) groups is 2. The summed E-state index contributed by atoms with van der Waals surface area (Å²) in [5.41, 5.74) is 1.61. The van der Waals surface area contributed by atoms with E-state index >= 15 is 0 Å². The van der Waals surface area contributed by atoms with Crippen molar-refractivity contribution in [3.05, 3.63) is 69.3 Å². The summed E-state index contributed by atoms with van der Waals surface area (Å²) in [6, 6.07) is 12.0. The number of anilines is 1. The maximum Gasteiger partial charge on any atom is 0.352 e. The van der Waals surface area contributed by atoms with Crippen molar-refractivity contribution >= 4 is 57.7 Å². The van der Waals surface area contributed by atoms with Gasteiger partial charge in [-0.25, -0.2) is 4.79 Å². The monoisotopic (exact) mass is 402 g/mol. The van der Waals surface area contributed by atoms with Crippen LogP contribution in [0.3, 0.4) is 0 Å². The van der Waals surface area contributed by atoms with Gasteiger partial charge in [0.1, 0.15) is 12.3 Å². The van der Waals surface area contributed by atoms with E-state index in [4.69, 9.17) is 28.0 Å². The van der Waals surface area contributed by atoms with E-state index in [9.17, 15) is 14.7 Å². The smallest absolute Gasteiger partial charge is 0.352 e. The molecular weight excluding hydrogens is 391 g/mol. The van der Waals surface area contributed by atoms with Crippen molar-refractivity contribution in [1.82, 2.24) is 4.98 Å². The molecule has 0 radical (unpaired) electrons. The second-order valence-electron chi connectivity index (χ2n) is 5.91. The molecule has 6 nitrogen and oxygen atoms in total. The van der Waals surface area contributed by atoms with Gasteiger partial charge in [0.15, 0.2) is 0 Å². The minimum Gasteiger partial charge on any atom is -0.477 e. The third kappa shape index (κ3) is 3.08. The summed E-state index contributed by atoms with van der Waals surface area (Å²) in [5.74, 6) is -1.53. The number of H-pyrrole nitrogens is 1. The second kappa shape index (κ2) is 6.74. The van der Waals surface area contributed by atoms with E-state index in [-0.39, 0.29) is 18.2 Å². The van der Waals surface area contributed by atoms with Gasteiger partial charge in [-0.3, -0.25) is 9.63 Å². The fraction of sp³-hybridized carbons (Fsp3) is 0.0526. The highest BCUT2D eigenvalue weighted by Crippen LogP contribution is 2.35. The molecule has 2 N–H and O–H groups in total. The van der Waals surface area contributed by atoms with Crippen molar-refractivity contribution in [2.75, 3.05) is 11.7 Å². The highest BCUT2D eigenvalue weighted by Gasteiger charge is 2.30. The zero-order chi connectivity index (χ0) is 19.1. The van der Waals surface area contributed by atoms with E-state index < -0.39 is 5.97 Å². The molecule has 8 heteroatoms. The summed E-state index contributed by atoms with van der Waals surface area (Å²) in [6.07, 6.45) is 1.49. The predicted molar refractivity (Wildman–Crippen MR) is 103 cm³/mol. The fourth-order valence-electron chi connectivity index (χ4n) is 3.00. The first-order chi connectivity index (χ1) is 13.0. The Hall–Kier alpha value is -2.80. The number of carbonyl (C=O) groups excluding carboxylic acids is 1. The highest BCUT2D eigenvalue weighted by atomic mass is 35.5. The van der Waals surface area contributed by atoms with Crippen LogP contribution in [0.5, 0.6) is 0 Å². The van der Waals surface area contributed by atoms with Gasteiger partial charge in [0.25, 0.3) is 5.91 Å². The lowest BCUT2D eigenvalue weighted by atomic mass is 10.1. The van der Waals surface area contributed by atoms with Crippen LogP contribution >= 0.6 is 23.2 Å². The molecule has 0 spiro atoms. The van der Waals surface area contributed by atoms with Gasteiger partial charge in [-0.15, -0.1) is 0 Å². The molecule has 0 aliphatic carbocycles. The maximum atomic E-state index is 12.7. The number of benzene rings is 2. The average Bonchev–Trinajstić information content (AvgIpc) is 3.17. The summed E-state index contributed by atoms with van der Waals surface area (Å²) in [6.45, 7) is 0.0185. The molecule has 0 bridgehead atoms. The minimum absolute atomic E-state index is 0.0185. The van der Waals surface area contributed by atoms with Gasteiger partial charge in [0, 0.05) is 27.1 Å². The lowest BCUT2D eigenvalue weighted by Crippen LogP contribution is -2.22. The lowest BCUT2D eigenvalue weighted by Gasteiger charge is -2.12. The predicted octanol–water partition coefficient (Wildman–Crippen LogP) is 4.53. The number of hydrogen-bond acceptors (Lipinski definition) is 3. The van der Waals surface area contributed by atoms with E-state index in [0.717, 1.165) is 0 Å². The fourth-order valence-corrected chi connectivity index (χ4v) is 3.60. The zero-order valence-corrected chi connectivity index (χ0v) is 15.2. The number of rotatable bonds is 3. The zero-order valence-electron chi connectivity index (χ0n) is 13.7. The summed E-state index contributed by atoms with van der Waals surface area (Å²) >= 11 is 12.3. The molecule has 0 unspecified atom stereocenters. The molecule has 2 aromatic carbocycles. The summed E-state index contributed by atoms with van der Waals surface area (Å²) < 4.78 is 0. The number of fused-ring (bicyclic) bond motifs is 1. The molecule has 0 saturated carbocycles. The number of aromatic carboxylic acids is 1. The topological polar surface area (TPSA) is 82.6 Å². The van der Waals surface area contributed by atoms with E-state index in [1.165, 1.54) is 17.2 Å². The van der Waals surface area contributed by atoms with E-state index in [1.807, 2.05) is 6.07 Å². The number of nitrogens with zero attached hydrogens (tertiary/aromatic N) is 1. The number of para-hydroxylation sites is 1. The van der Waals surface area contributed by atoms with Crippen LogP contribution in [0.4, 0.5) is 5.69 Å². The number of carboxylic acids is 1. The normalized spacial score (nSPS) is 15.9. The van der Waals surface area contributed by atoms with Gasteiger partial charge < -0.3 is 10.1 Å². The molecule has 136 valence electrons. The first-order valence-electron chi connectivity index (χ1n) is 7.92. The number of halogens is 2. The Bertz CT molecular complexity index is 1110. The Morgan fingerprint density at radius 3 is 2.67 bits per heavy atom. The lowest BCUT2D eigenvalue weighted by molar-refractivity contribution is -0.117. The van der Waals surface area contributed by atoms with Gasteiger partial charge in [-0.05, 0) is 30.3 Å². The van der Waals surface area contributed by atoms with Crippen LogP contribution in [0.15, 0.2) is 48.0 Å². The third-order valence-corrected chi connectivity index (χ3v) is 4.70. The van der Waals surface area contributed by atoms with Crippen LogP contribution in [0, 0.1) is 0 Å². The summed E-state index contributed by atoms with van der Waals surface area (Å²) in [4.78, 5) is 32.7. The van der Waals surface area contributed by atoms with Gasteiger partial charge >= 0.3 is 5.97 Å². The number of nitrogens with one attached hydrogen (secondary N) is 1. The van der Waals surface area contributed by atoms with Crippen LogP contribution in [-0.2, 0) is 9.63 Å². The maximum absolute atomic E-state index is 12.7. The SMILES string of the molecule is O=C(O)c1[nH]c2cc(Cl)cc(Cl)c2c1/C=C1\CON(c2ccccc2)C1=O. The van der Waals surface area contributed by atoms with Crippen molar-refractivity contribution in [2.45, 2.75) is 0 Å². The molecule has 1 aliphatic heterocycles. The Kier molecular flexibility index (Phi) is 4.39. The van der Waals surface area contributed by atoms with Gasteiger partial charge in [0.05, 0.1) is 10.7 Å². The second-order valence-corrected chi connectivity index (χ2v) is 6.75. The molecule has 1 fully saturated rings. The first kappa shape index (κ1) is 17.6. The third-order valence-electron chi connectivity index (χ3n) is 4.18. The van der Waals surface area contributed by atoms with E-state index in [0.29, 0.717) is 37.8 Å². The molecule has 1 amide bonds. The van der Waals surface area contributed by atoms with Gasteiger partial charge in [-0.2, -0.15) is 5.06 Å². The largest absolute Gasteiger partial charge is 0.477 e. The van der Waals surface area contributed by atoms with Crippen LogP contribution < -0.4 is 5.06 Å². The average molecular weight is 403 g/mol.